The van der Waals surface area contributed by atoms with Crippen molar-refractivity contribution in [1.29, 1.82) is 0 Å². The second-order valence-electron chi connectivity index (χ2n) is 10.7. The van der Waals surface area contributed by atoms with Gasteiger partial charge in [-0.1, -0.05) is 35.2 Å². The molecule has 3 aromatic carbocycles. The molecule has 0 unspecified atom stereocenters. The van der Waals surface area contributed by atoms with Gasteiger partial charge in [0.2, 0.25) is 5.43 Å². The molecule has 0 saturated heterocycles. The summed E-state index contributed by atoms with van der Waals surface area (Å²) in [5.41, 5.74) is 0.390. The van der Waals surface area contributed by atoms with E-state index in [4.69, 9.17) is 14.2 Å². The Bertz CT molecular complexity index is 1630. The highest BCUT2D eigenvalue weighted by Gasteiger charge is 2.26. The predicted molar refractivity (Wildman–Crippen MR) is 173 cm³/mol. The lowest BCUT2D eigenvalue weighted by atomic mass is 10.1. The van der Waals surface area contributed by atoms with Crippen molar-refractivity contribution in [2.75, 3.05) is 31.1 Å². The fourth-order valence-electron chi connectivity index (χ4n) is 5.07. The van der Waals surface area contributed by atoms with E-state index in [-0.39, 0.29) is 16.6 Å². The molecule has 0 fully saturated rings. The number of hydrogen-bond acceptors (Lipinski definition) is 5. The number of alkyl halides is 1. The van der Waals surface area contributed by atoms with Gasteiger partial charge < -0.3 is 23.7 Å². The first-order valence-electron chi connectivity index (χ1n) is 14.6. The van der Waals surface area contributed by atoms with Crippen LogP contribution in [0.3, 0.4) is 0 Å². The summed E-state index contributed by atoms with van der Waals surface area (Å²) in [7, 11) is 3.06. The minimum atomic E-state index is -0.829. The first kappa shape index (κ1) is 33.0. The van der Waals surface area contributed by atoms with Crippen LogP contribution in [0.2, 0.25) is 0 Å². The van der Waals surface area contributed by atoms with Gasteiger partial charge in [0.15, 0.2) is 0 Å². The van der Waals surface area contributed by atoms with Crippen molar-refractivity contribution < 1.29 is 27.8 Å². The van der Waals surface area contributed by atoms with E-state index >= 15 is 0 Å². The van der Waals surface area contributed by atoms with Gasteiger partial charge in [0.25, 0.3) is 5.91 Å². The molecule has 0 aliphatic rings. The molecule has 4 aromatic rings. The van der Waals surface area contributed by atoms with Crippen molar-refractivity contribution in [3.8, 4) is 22.9 Å². The second kappa shape index (κ2) is 15.2. The summed E-state index contributed by atoms with van der Waals surface area (Å²) in [6.45, 7) is 3.94. The normalized spacial score (nSPS) is 11.2. The molecule has 0 spiro atoms. The zero-order valence-electron chi connectivity index (χ0n) is 25.4. The van der Waals surface area contributed by atoms with Crippen molar-refractivity contribution >= 4 is 38.4 Å². The maximum absolute atomic E-state index is 14.2. The lowest BCUT2D eigenvalue weighted by Gasteiger charge is -2.27. The summed E-state index contributed by atoms with van der Waals surface area (Å²) in [6.07, 6.45) is 6.86. The Morgan fingerprint density at radius 3 is 2.11 bits per heavy atom. The zero-order chi connectivity index (χ0) is 31.8. The molecule has 0 saturated carbocycles. The van der Waals surface area contributed by atoms with Gasteiger partial charge in [-0.05, 0) is 51.0 Å². The monoisotopic (exact) mass is 670 g/mol. The van der Waals surface area contributed by atoms with Crippen LogP contribution in [-0.2, 0) is 0 Å². The molecular weight excluding hydrogens is 634 g/mol. The van der Waals surface area contributed by atoms with Gasteiger partial charge in [-0.25, -0.2) is 8.78 Å². The van der Waals surface area contributed by atoms with Crippen molar-refractivity contribution in [3.63, 3.8) is 0 Å². The lowest BCUT2D eigenvalue weighted by Crippen LogP contribution is -2.40. The van der Waals surface area contributed by atoms with E-state index in [0.717, 1.165) is 49.2 Å². The van der Waals surface area contributed by atoms with Crippen LogP contribution in [0.25, 0.3) is 16.6 Å². The van der Waals surface area contributed by atoms with Crippen LogP contribution in [0, 0.1) is 11.6 Å². The summed E-state index contributed by atoms with van der Waals surface area (Å²) in [5.74, 6) is -0.760. The largest absolute Gasteiger partial charge is 0.497 e. The molecule has 1 amide bonds. The number of anilines is 1. The molecule has 4 rings (SSSR count). The summed E-state index contributed by atoms with van der Waals surface area (Å²) in [6, 6.07) is 12.7. The Morgan fingerprint density at radius 2 is 1.50 bits per heavy atom. The number of ether oxygens (including phenoxy) is 3. The van der Waals surface area contributed by atoms with E-state index in [1.165, 1.54) is 31.7 Å². The highest BCUT2D eigenvalue weighted by molar-refractivity contribution is 9.09. The molecule has 7 nitrogen and oxygen atoms in total. The molecule has 0 bridgehead atoms. The molecule has 0 atom stereocenters. The van der Waals surface area contributed by atoms with Crippen LogP contribution in [0.1, 0.15) is 56.3 Å². The van der Waals surface area contributed by atoms with Crippen LogP contribution in [0.4, 0.5) is 14.5 Å². The molecule has 1 heterocycles. The van der Waals surface area contributed by atoms with E-state index in [2.05, 4.69) is 15.9 Å². The van der Waals surface area contributed by atoms with Crippen molar-refractivity contribution in [1.82, 2.24) is 4.57 Å². The number of rotatable bonds is 14. The number of hydrogen-bond donors (Lipinski definition) is 0. The molecular formula is C34H37BrF2N2O5. The van der Waals surface area contributed by atoms with Crippen molar-refractivity contribution in [3.05, 3.63) is 88.2 Å². The third-order valence-electron chi connectivity index (χ3n) is 7.23. The number of benzene rings is 3. The average molecular weight is 672 g/mol. The highest BCUT2D eigenvalue weighted by Crippen LogP contribution is 2.30. The number of unbranched alkanes of at least 4 members (excludes halogenated alkanes) is 4. The highest BCUT2D eigenvalue weighted by atomic mass is 79.9. The Morgan fingerprint density at radius 1 is 0.864 bits per heavy atom. The van der Waals surface area contributed by atoms with E-state index in [1.807, 2.05) is 0 Å². The molecule has 1 aromatic heterocycles. The number of nitrogens with zero attached hydrogens (tertiary/aromatic N) is 2. The maximum atomic E-state index is 14.2. The number of carbonyl (C=O) groups excluding carboxylic acids is 1. The number of amides is 1. The molecule has 0 aliphatic heterocycles. The van der Waals surface area contributed by atoms with E-state index < -0.39 is 29.0 Å². The summed E-state index contributed by atoms with van der Waals surface area (Å²) in [4.78, 5) is 29.1. The quantitative estimate of drug-likeness (QED) is 0.100. The Labute approximate surface area is 264 Å². The van der Waals surface area contributed by atoms with Gasteiger partial charge in [-0.3, -0.25) is 9.59 Å². The smallest absolute Gasteiger partial charge is 0.264 e. The summed E-state index contributed by atoms with van der Waals surface area (Å²) < 4.78 is 47.0. The van der Waals surface area contributed by atoms with Crippen molar-refractivity contribution in [2.45, 2.75) is 52.0 Å². The first-order chi connectivity index (χ1) is 21.2. The second-order valence-corrected chi connectivity index (χ2v) is 11.5. The van der Waals surface area contributed by atoms with Crippen LogP contribution in [0.5, 0.6) is 17.2 Å². The molecule has 234 valence electrons. The molecule has 0 N–H and O–H groups in total. The van der Waals surface area contributed by atoms with Gasteiger partial charge in [0.1, 0.15) is 34.4 Å². The minimum absolute atomic E-state index is 0.00698. The van der Waals surface area contributed by atoms with E-state index in [1.54, 1.807) is 54.8 Å². The number of aromatic nitrogens is 1. The zero-order valence-corrected chi connectivity index (χ0v) is 27.0. The number of fused-ring (bicyclic) bond motifs is 1. The average Bonchev–Trinajstić information content (AvgIpc) is 2.99. The Balaban J connectivity index is 1.83. The topological polar surface area (TPSA) is 70.0 Å². The number of pyridine rings is 1. The van der Waals surface area contributed by atoms with E-state index in [9.17, 15) is 18.4 Å². The molecule has 0 radical (unpaired) electrons. The predicted octanol–water partition coefficient (Wildman–Crippen LogP) is 8.07. The Hall–Kier alpha value is -3.92. The third-order valence-corrected chi connectivity index (χ3v) is 7.79. The molecule has 10 heteroatoms. The van der Waals surface area contributed by atoms with Gasteiger partial charge in [-0.15, -0.1) is 0 Å². The van der Waals surface area contributed by atoms with Crippen LogP contribution in [0.15, 0.2) is 65.6 Å². The first-order valence-corrected chi connectivity index (χ1v) is 15.7. The van der Waals surface area contributed by atoms with Crippen LogP contribution in [-0.4, -0.2) is 42.7 Å². The lowest BCUT2D eigenvalue weighted by molar-refractivity contribution is 0.0979. The van der Waals surface area contributed by atoms with Gasteiger partial charge >= 0.3 is 0 Å². The fourth-order valence-corrected chi connectivity index (χ4v) is 5.46. The maximum Gasteiger partial charge on any atom is 0.264 e. The summed E-state index contributed by atoms with van der Waals surface area (Å²) >= 11 is 3.46. The number of carbonyl (C=O) groups is 1. The van der Waals surface area contributed by atoms with Crippen molar-refractivity contribution in [2.24, 2.45) is 0 Å². The summed E-state index contributed by atoms with van der Waals surface area (Å²) in [5, 5.41) is 1.28. The SMILES string of the molecule is COc1cc(OC)cc(-n2cc(C(=O)N(c3cc(F)cc(F)c3)C(C)C)c(=O)c3ccc(OCCCCCCCBr)cc32)c1. The Kier molecular flexibility index (Phi) is 11.4. The molecule has 0 aliphatic carbocycles. The number of methoxy groups -OCH3 is 2. The van der Waals surface area contributed by atoms with Crippen LogP contribution >= 0.6 is 15.9 Å². The van der Waals surface area contributed by atoms with Gasteiger partial charge in [-0.2, -0.15) is 0 Å². The van der Waals surface area contributed by atoms with Gasteiger partial charge in [0.05, 0.1) is 37.7 Å². The minimum Gasteiger partial charge on any atom is -0.497 e. The number of halogens is 3. The third kappa shape index (κ3) is 7.77. The fraction of sp³-hybridized carbons (Fsp3) is 0.353. The molecule has 44 heavy (non-hydrogen) atoms. The van der Waals surface area contributed by atoms with Gasteiger partial charge in [0, 0.05) is 53.3 Å². The van der Waals surface area contributed by atoms with Crippen LogP contribution < -0.4 is 24.5 Å². The standard InChI is InChI=1S/C34H37BrF2N2O5/c1-22(2)39(26-15-23(36)14-24(37)16-26)34(41)31-21-38(25-17-28(42-3)19-29(18-25)43-4)32-20-27(10-11-30(32)33(31)40)44-13-9-7-5-6-8-12-35/h10-11,14-22H,5-9,12-13H2,1-4H3. The van der Waals surface area contributed by atoms with E-state index in [0.29, 0.717) is 35.1 Å².